The van der Waals surface area contributed by atoms with Crippen molar-refractivity contribution < 1.29 is 0 Å². The Kier molecular flexibility index (Phi) is 3.49. The molecule has 0 spiro atoms. The van der Waals surface area contributed by atoms with Crippen LogP contribution in [0.5, 0.6) is 0 Å². The van der Waals surface area contributed by atoms with Gasteiger partial charge < -0.3 is 10.6 Å². The van der Waals surface area contributed by atoms with Gasteiger partial charge in [0.1, 0.15) is 5.15 Å². The molecule has 0 aliphatic carbocycles. The zero-order valence-corrected chi connectivity index (χ0v) is 10.4. The molecule has 0 bridgehead atoms. The van der Waals surface area contributed by atoms with Crippen molar-refractivity contribution in [3.8, 4) is 0 Å². The predicted molar refractivity (Wildman–Crippen MR) is 65.9 cm³/mol. The first-order valence-corrected chi connectivity index (χ1v) is 6.52. The predicted octanol–water partition coefficient (Wildman–Crippen LogP) is 2.29. The summed E-state index contributed by atoms with van der Waals surface area (Å²) in [5.41, 5.74) is 5.76. The van der Waals surface area contributed by atoms with Crippen LogP contribution in [0.15, 0.2) is 0 Å². The second-order valence-corrected chi connectivity index (χ2v) is 5.51. The summed E-state index contributed by atoms with van der Waals surface area (Å²) >= 11 is 7.77. The van der Waals surface area contributed by atoms with Crippen molar-refractivity contribution in [2.24, 2.45) is 5.73 Å². The Hall–Kier alpha value is -0.320. The lowest BCUT2D eigenvalue weighted by Crippen LogP contribution is -2.17. The first-order chi connectivity index (χ1) is 7.16. The summed E-state index contributed by atoms with van der Waals surface area (Å²) in [5.74, 6) is 0. The van der Waals surface area contributed by atoms with Gasteiger partial charge in [-0.2, -0.15) is 0 Å². The Labute approximate surface area is 99.2 Å². The molecule has 1 aliphatic rings. The van der Waals surface area contributed by atoms with Gasteiger partial charge in [-0.15, -0.1) is 11.3 Å². The molecule has 1 atom stereocenters. The van der Waals surface area contributed by atoms with Gasteiger partial charge in [-0.05, 0) is 26.2 Å². The van der Waals surface area contributed by atoms with Gasteiger partial charge in [-0.1, -0.05) is 11.6 Å². The van der Waals surface area contributed by atoms with Gasteiger partial charge in [-0.3, -0.25) is 0 Å². The fraction of sp³-hybridized carbons (Fsp3) is 0.700. The van der Waals surface area contributed by atoms with Gasteiger partial charge in [0, 0.05) is 24.0 Å². The molecule has 5 heteroatoms. The molecule has 0 saturated carbocycles. The first kappa shape index (κ1) is 11.2. The van der Waals surface area contributed by atoms with Crippen LogP contribution in [0.2, 0.25) is 5.15 Å². The quantitative estimate of drug-likeness (QED) is 0.889. The van der Waals surface area contributed by atoms with E-state index in [9.17, 15) is 0 Å². The third kappa shape index (κ3) is 2.62. The van der Waals surface area contributed by atoms with E-state index < -0.39 is 0 Å². The van der Waals surface area contributed by atoms with Crippen molar-refractivity contribution >= 4 is 28.1 Å². The van der Waals surface area contributed by atoms with E-state index in [4.69, 9.17) is 17.3 Å². The number of thiazole rings is 1. The van der Waals surface area contributed by atoms with Crippen molar-refractivity contribution in [3.63, 3.8) is 0 Å². The fourth-order valence-electron chi connectivity index (χ4n) is 1.78. The van der Waals surface area contributed by atoms with Crippen LogP contribution in [0.3, 0.4) is 0 Å². The minimum absolute atomic E-state index is 0.148. The standard InChI is InChI=1S/C10H16ClN3S/c1-7(12)6-8-9(11)13-10(15-8)14-4-2-3-5-14/h7H,2-6,12H2,1H3. The number of rotatable bonds is 3. The zero-order chi connectivity index (χ0) is 10.8. The topological polar surface area (TPSA) is 42.1 Å². The molecule has 1 fully saturated rings. The van der Waals surface area contributed by atoms with E-state index in [2.05, 4.69) is 9.88 Å². The monoisotopic (exact) mass is 245 g/mol. The van der Waals surface area contributed by atoms with Crippen LogP contribution >= 0.6 is 22.9 Å². The van der Waals surface area contributed by atoms with Crippen LogP contribution in [-0.4, -0.2) is 24.1 Å². The summed E-state index contributed by atoms with van der Waals surface area (Å²) in [5, 5.41) is 1.70. The van der Waals surface area contributed by atoms with Crippen molar-refractivity contribution in [1.82, 2.24) is 4.98 Å². The van der Waals surface area contributed by atoms with Crippen molar-refractivity contribution in [1.29, 1.82) is 0 Å². The van der Waals surface area contributed by atoms with E-state index in [0.29, 0.717) is 5.15 Å². The van der Waals surface area contributed by atoms with Crippen LogP contribution < -0.4 is 10.6 Å². The van der Waals surface area contributed by atoms with Crippen LogP contribution in [0.1, 0.15) is 24.6 Å². The summed E-state index contributed by atoms with van der Waals surface area (Å²) in [6, 6.07) is 0.148. The molecule has 1 saturated heterocycles. The van der Waals surface area contributed by atoms with Gasteiger partial charge in [-0.25, -0.2) is 4.98 Å². The molecule has 2 N–H and O–H groups in total. The third-order valence-electron chi connectivity index (χ3n) is 2.52. The molecule has 1 aromatic heterocycles. The molecule has 2 heterocycles. The molecule has 1 unspecified atom stereocenters. The Balaban J connectivity index is 2.12. The molecule has 0 radical (unpaired) electrons. The van der Waals surface area contributed by atoms with Crippen molar-refractivity contribution in [3.05, 3.63) is 10.0 Å². The van der Waals surface area contributed by atoms with E-state index >= 15 is 0 Å². The number of halogens is 1. The number of hydrogen-bond acceptors (Lipinski definition) is 4. The Morgan fingerprint density at radius 2 is 2.20 bits per heavy atom. The summed E-state index contributed by atoms with van der Waals surface area (Å²) in [6.07, 6.45) is 3.35. The second-order valence-electron chi connectivity index (χ2n) is 4.09. The van der Waals surface area contributed by atoms with Gasteiger partial charge in [0.15, 0.2) is 5.13 Å². The number of nitrogens with zero attached hydrogens (tertiary/aromatic N) is 2. The van der Waals surface area contributed by atoms with Gasteiger partial charge in [0.05, 0.1) is 0 Å². The van der Waals surface area contributed by atoms with E-state index in [1.165, 1.54) is 12.8 Å². The van der Waals surface area contributed by atoms with E-state index in [1.54, 1.807) is 11.3 Å². The van der Waals surface area contributed by atoms with Gasteiger partial charge in [0.2, 0.25) is 0 Å². The molecule has 1 aliphatic heterocycles. The zero-order valence-electron chi connectivity index (χ0n) is 8.87. The molecule has 0 amide bonds. The first-order valence-electron chi connectivity index (χ1n) is 5.32. The molecular weight excluding hydrogens is 230 g/mol. The molecule has 2 rings (SSSR count). The molecule has 1 aromatic rings. The minimum atomic E-state index is 0.148. The Morgan fingerprint density at radius 1 is 1.53 bits per heavy atom. The SMILES string of the molecule is CC(N)Cc1sc(N2CCCC2)nc1Cl. The number of nitrogens with two attached hydrogens (primary N) is 1. The summed E-state index contributed by atoms with van der Waals surface area (Å²) in [6.45, 7) is 4.22. The molecule has 3 nitrogen and oxygen atoms in total. The van der Waals surface area contributed by atoms with E-state index in [-0.39, 0.29) is 6.04 Å². The highest BCUT2D eigenvalue weighted by atomic mass is 35.5. The molecule has 84 valence electrons. The van der Waals surface area contributed by atoms with Gasteiger partial charge >= 0.3 is 0 Å². The fourth-order valence-corrected chi connectivity index (χ4v) is 3.25. The molecular formula is C10H16ClN3S. The molecule has 15 heavy (non-hydrogen) atoms. The lowest BCUT2D eigenvalue weighted by Gasteiger charge is -2.12. The van der Waals surface area contributed by atoms with E-state index in [1.807, 2.05) is 6.92 Å². The summed E-state index contributed by atoms with van der Waals surface area (Å²) in [7, 11) is 0. The number of anilines is 1. The Morgan fingerprint density at radius 3 is 2.80 bits per heavy atom. The van der Waals surface area contributed by atoms with E-state index in [0.717, 1.165) is 29.5 Å². The summed E-state index contributed by atoms with van der Waals surface area (Å²) in [4.78, 5) is 7.83. The summed E-state index contributed by atoms with van der Waals surface area (Å²) < 4.78 is 0. The van der Waals surface area contributed by atoms with Crippen LogP contribution in [0.25, 0.3) is 0 Å². The number of aromatic nitrogens is 1. The van der Waals surface area contributed by atoms with Gasteiger partial charge in [0.25, 0.3) is 0 Å². The van der Waals surface area contributed by atoms with Crippen LogP contribution in [0, 0.1) is 0 Å². The maximum absolute atomic E-state index is 6.08. The van der Waals surface area contributed by atoms with Crippen LogP contribution in [-0.2, 0) is 6.42 Å². The number of hydrogen-bond donors (Lipinski definition) is 1. The maximum atomic E-state index is 6.08. The highest BCUT2D eigenvalue weighted by Crippen LogP contribution is 2.32. The normalized spacial score (nSPS) is 18.5. The maximum Gasteiger partial charge on any atom is 0.187 e. The average Bonchev–Trinajstić information content (AvgIpc) is 2.75. The lowest BCUT2D eigenvalue weighted by atomic mass is 10.2. The highest BCUT2D eigenvalue weighted by Gasteiger charge is 2.18. The highest BCUT2D eigenvalue weighted by molar-refractivity contribution is 7.16. The average molecular weight is 246 g/mol. The van der Waals surface area contributed by atoms with Crippen molar-refractivity contribution in [2.75, 3.05) is 18.0 Å². The smallest absolute Gasteiger partial charge is 0.187 e. The lowest BCUT2D eigenvalue weighted by molar-refractivity contribution is 0.745. The second kappa shape index (κ2) is 4.68. The minimum Gasteiger partial charge on any atom is -0.348 e. The largest absolute Gasteiger partial charge is 0.348 e. The third-order valence-corrected chi connectivity index (χ3v) is 4.09. The molecule has 0 aromatic carbocycles. The Bertz CT molecular complexity index is 331. The van der Waals surface area contributed by atoms with Crippen molar-refractivity contribution in [2.45, 2.75) is 32.2 Å². The van der Waals surface area contributed by atoms with Crippen LogP contribution in [0.4, 0.5) is 5.13 Å².